The summed E-state index contributed by atoms with van der Waals surface area (Å²) in [7, 11) is 0. The van der Waals surface area contributed by atoms with Crippen molar-refractivity contribution in [3.05, 3.63) is 24.3 Å². The lowest BCUT2D eigenvalue weighted by molar-refractivity contribution is -0.120. The van der Waals surface area contributed by atoms with Crippen molar-refractivity contribution in [2.45, 2.75) is 204 Å². The van der Waals surface area contributed by atoms with Gasteiger partial charge in [0, 0.05) is 12.8 Å². The molecule has 0 saturated heterocycles. The van der Waals surface area contributed by atoms with Crippen LogP contribution in [0, 0.1) is 0 Å². The first kappa shape index (κ1) is 44.4. The molecular weight excluding hydrogens is 599 g/mol. The molecule has 3 nitrogen and oxygen atoms in total. The Morgan fingerprint density at radius 2 is 0.711 bits per heavy atom. The molecule has 0 aromatic heterocycles. The highest BCUT2D eigenvalue weighted by atomic mass is 35.5. The molecule has 0 spiro atoms. The van der Waals surface area contributed by atoms with Gasteiger partial charge in [-0.05, 0) is 64.2 Å². The highest BCUT2D eigenvalue weighted by Crippen LogP contribution is 2.14. The number of halogens is 2. The molecular formula is C40H72Cl2O3. The van der Waals surface area contributed by atoms with Crippen LogP contribution in [-0.4, -0.2) is 35.5 Å². The predicted octanol–water partition coefficient (Wildman–Crippen LogP) is 13.4. The van der Waals surface area contributed by atoms with E-state index in [2.05, 4.69) is 38.2 Å². The second-order valence-corrected chi connectivity index (χ2v) is 14.1. The minimum atomic E-state index is -0.661. The van der Waals surface area contributed by atoms with Gasteiger partial charge in [0.1, 0.15) is 10.8 Å². The molecule has 0 heterocycles. The topological polar surface area (TPSA) is 43.4 Å². The monoisotopic (exact) mass is 670 g/mol. The van der Waals surface area contributed by atoms with E-state index in [0.29, 0.717) is 12.8 Å². The molecule has 0 bridgehead atoms. The Labute approximate surface area is 290 Å². The molecule has 45 heavy (non-hydrogen) atoms. The van der Waals surface area contributed by atoms with Gasteiger partial charge in [0.25, 0.3) is 0 Å². The molecule has 0 aliphatic rings. The number of carbonyl (C=O) groups is 2. The Bertz CT molecular complexity index is 648. The van der Waals surface area contributed by atoms with Gasteiger partial charge in [0.2, 0.25) is 0 Å². The third-order valence-corrected chi connectivity index (χ3v) is 9.34. The molecule has 2 unspecified atom stereocenters. The van der Waals surface area contributed by atoms with E-state index >= 15 is 0 Å². The second-order valence-electron chi connectivity index (χ2n) is 13.1. The average molecular weight is 672 g/mol. The van der Waals surface area contributed by atoms with Crippen molar-refractivity contribution in [2.24, 2.45) is 0 Å². The van der Waals surface area contributed by atoms with Gasteiger partial charge in [0.15, 0.2) is 11.6 Å². The molecule has 0 amide bonds. The van der Waals surface area contributed by atoms with Crippen molar-refractivity contribution >= 4 is 34.8 Å². The summed E-state index contributed by atoms with van der Waals surface area (Å²) in [5.41, 5.74) is 0. The van der Waals surface area contributed by atoms with E-state index in [4.69, 9.17) is 27.9 Å². The normalized spacial score (nSPS) is 13.2. The van der Waals surface area contributed by atoms with E-state index in [9.17, 15) is 9.59 Å². The Hall–Kier alpha value is -0.640. The van der Waals surface area contributed by atoms with Crippen LogP contribution in [0.5, 0.6) is 0 Å². The van der Waals surface area contributed by atoms with Crippen molar-refractivity contribution in [2.75, 3.05) is 13.2 Å². The summed E-state index contributed by atoms with van der Waals surface area (Å²) in [5, 5.41) is -1.32. The van der Waals surface area contributed by atoms with Crippen LogP contribution < -0.4 is 0 Å². The SMILES string of the molecule is CCCCCCCC/C=C\CCCCCCCC(=O)C(Cl)COCC(Cl)C(=O)CCCCCCC/C=C\CCCCCCCC. The summed E-state index contributed by atoms with van der Waals surface area (Å²) in [5.74, 6) is 0.0556. The molecule has 0 N–H and O–H groups in total. The van der Waals surface area contributed by atoms with Gasteiger partial charge in [-0.2, -0.15) is 0 Å². The van der Waals surface area contributed by atoms with Gasteiger partial charge >= 0.3 is 0 Å². The molecule has 0 aliphatic carbocycles. The fraction of sp³-hybridized carbons (Fsp3) is 0.850. The maximum atomic E-state index is 12.3. The second kappa shape index (κ2) is 36.2. The van der Waals surface area contributed by atoms with Crippen LogP contribution in [-0.2, 0) is 14.3 Å². The van der Waals surface area contributed by atoms with Crippen molar-refractivity contribution < 1.29 is 14.3 Å². The highest BCUT2D eigenvalue weighted by Gasteiger charge is 2.19. The van der Waals surface area contributed by atoms with Crippen LogP contribution >= 0.6 is 23.2 Å². The number of allylic oxidation sites excluding steroid dienone is 4. The lowest BCUT2D eigenvalue weighted by Gasteiger charge is -2.12. The highest BCUT2D eigenvalue weighted by molar-refractivity contribution is 6.31. The Morgan fingerprint density at radius 1 is 0.444 bits per heavy atom. The molecule has 0 rings (SSSR count). The summed E-state index contributed by atoms with van der Waals surface area (Å²) >= 11 is 12.5. The van der Waals surface area contributed by atoms with E-state index in [0.717, 1.165) is 51.4 Å². The molecule has 2 atom stereocenters. The van der Waals surface area contributed by atoms with Gasteiger partial charge in [-0.1, -0.05) is 141 Å². The Balaban J connectivity index is 3.57. The summed E-state index contributed by atoms with van der Waals surface area (Å²) in [4.78, 5) is 24.7. The minimum absolute atomic E-state index is 0.0278. The number of unbranched alkanes of at least 4 members (excludes halogenated alkanes) is 22. The molecule has 0 aromatic rings. The number of Topliss-reactive ketones (excluding diaryl/α,β-unsaturated/α-hetero) is 2. The molecule has 264 valence electrons. The summed E-state index contributed by atoms with van der Waals surface area (Å²) in [6, 6.07) is 0. The maximum absolute atomic E-state index is 12.3. The van der Waals surface area contributed by atoms with Crippen molar-refractivity contribution in [1.29, 1.82) is 0 Å². The number of hydrogen-bond acceptors (Lipinski definition) is 3. The van der Waals surface area contributed by atoms with Gasteiger partial charge in [-0.25, -0.2) is 0 Å². The van der Waals surface area contributed by atoms with Crippen LogP contribution in [0.15, 0.2) is 24.3 Å². The Kier molecular flexibility index (Phi) is 35.7. The van der Waals surface area contributed by atoms with Crippen LogP contribution in [0.2, 0.25) is 0 Å². The molecule has 0 saturated carbocycles. The summed E-state index contributed by atoms with van der Waals surface area (Å²) < 4.78 is 5.54. The van der Waals surface area contributed by atoms with Crippen LogP contribution in [0.1, 0.15) is 194 Å². The first-order valence-electron chi connectivity index (χ1n) is 19.2. The quantitative estimate of drug-likeness (QED) is 0.0378. The number of carbonyl (C=O) groups excluding carboxylic acids is 2. The Morgan fingerprint density at radius 3 is 1.02 bits per heavy atom. The van der Waals surface area contributed by atoms with Gasteiger partial charge in [-0.3, -0.25) is 9.59 Å². The lowest BCUT2D eigenvalue weighted by atomic mass is 10.1. The number of alkyl halides is 2. The molecule has 0 fully saturated rings. The first-order chi connectivity index (χ1) is 22.0. The third-order valence-electron chi connectivity index (χ3n) is 8.60. The predicted molar refractivity (Wildman–Crippen MR) is 199 cm³/mol. The smallest absolute Gasteiger partial charge is 0.153 e. The molecule has 0 radical (unpaired) electrons. The standard InChI is InChI=1S/C40H72Cl2O3/c1-3-5-7-9-11-13-15-17-19-21-23-25-27-29-31-33-39(43)37(41)35-45-36-38(42)40(44)34-32-30-28-26-24-22-20-18-16-14-12-10-8-6-4-2/h17-20,37-38H,3-16,21-36H2,1-2H3/b19-17-,20-18-. The summed E-state index contributed by atoms with van der Waals surface area (Å²) in [6.07, 6.45) is 42.5. The van der Waals surface area contributed by atoms with E-state index in [1.165, 1.54) is 116 Å². The van der Waals surface area contributed by atoms with Gasteiger partial charge in [0.05, 0.1) is 13.2 Å². The molecule has 5 heteroatoms. The zero-order valence-corrected chi connectivity index (χ0v) is 31.2. The maximum Gasteiger partial charge on any atom is 0.153 e. The number of hydrogen-bond donors (Lipinski definition) is 0. The summed E-state index contributed by atoms with van der Waals surface area (Å²) in [6.45, 7) is 4.77. The van der Waals surface area contributed by atoms with Crippen molar-refractivity contribution in [3.8, 4) is 0 Å². The van der Waals surface area contributed by atoms with Gasteiger partial charge < -0.3 is 4.74 Å². The third kappa shape index (κ3) is 33.1. The number of ether oxygens (including phenoxy) is 1. The molecule has 0 aromatic carbocycles. The van der Waals surface area contributed by atoms with E-state index in [1.807, 2.05) is 0 Å². The van der Waals surface area contributed by atoms with Crippen LogP contribution in [0.4, 0.5) is 0 Å². The van der Waals surface area contributed by atoms with Crippen molar-refractivity contribution in [1.82, 2.24) is 0 Å². The fourth-order valence-corrected chi connectivity index (χ4v) is 5.91. The van der Waals surface area contributed by atoms with E-state index < -0.39 is 10.8 Å². The lowest BCUT2D eigenvalue weighted by Crippen LogP contribution is -2.25. The average Bonchev–Trinajstić information content (AvgIpc) is 3.04. The van der Waals surface area contributed by atoms with E-state index in [1.54, 1.807) is 0 Å². The van der Waals surface area contributed by atoms with Crippen LogP contribution in [0.3, 0.4) is 0 Å². The fourth-order valence-electron chi connectivity index (χ4n) is 5.51. The zero-order valence-electron chi connectivity index (χ0n) is 29.7. The van der Waals surface area contributed by atoms with Crippen LogP contribution in [0.25, 0.3) is 0 Å². The number of rotatable bonds is 36. The van der Waals surface area contributed by atoms with Gasteiger partial charge in [-0.15, -0.1) is 23.2 Å². The van der Waals surface area contributed by atoms with E-state index in [-0.39, 0.29) is 24.8 Å². The largest absolute Gasteiger partial charge is 0.377 e. The number of ketones is 2. The zero-order chi connectivity index (χ0) is 33.1. The minimum Gasteiger partial charge on any atom is -0.377 e. The molecule has 0 aliphatic heterocycles. The first-order valence-corrected chi connectivity index (χ1v) is 20.1. The van der Waals surface area contributed by atoms with Crippen molar-refractivity contribution in [3.63, 3.8) is 0 Å².